The molecule has 0 fully saturated rings. The molecule has 0 saturated carbocycles. The van der Waals surface area contributed by atoms with E-state index in [1.807, 2.05) is 24.3 Å². The SMILES string of the molecule is COCCNCCc1nc(-c2cccc(NC(C)=O)c2)cs1. The molecule has 0 atom stereocenters. The first kappa shape index (κ1) is 16.6. The van der Waals surface area contributed by atoms with Crippen LogP contribution in [0.25, 0.3) is 11.3 Å². The minimum Gasteiger partial charge on any atom is -0.383 e. The Hall–Kier alpha value is -1.76. The van der Waals surface area contributed by atoms with Gasteiger partial charge in [0, 0.05) is 50.2 Å². The van der Waals surface area contributed by atoms with Crippen molar-refractivity contribution in [1.82, 2.24) is 10.3 Å². The topological polar surface area (TPSA) is 63.2 Å². The van der Waals surface area contributed by atoms with Crippen LogP contribution in [0.4, 0.5) is 5.69 Å². The number of anilines is 1. The van der Waals surface area contributed by atoms with Gasteiger partial charge < -0.3 is 15.4 Å². The van der Waals surface area contributed by atoms with Gasteiger partial charge in [0.15, 0.2) is 0 Å². The standard InChI is InChI=1S/C16H21N3O2S/c1-12(20)18-14-5-3-4-13(10-14)15-11-22-16(19-15)6-7-17-8-9-21-2/h3-5,10-11,17H,6-9H2,1-2H3,(H,18,20). The second-order valence-electron chi connectivity index (χ2n) is 4.88. The van der Waals surface area contributed by atoms with Crippen LogP contribution >= 0.6 is 11.3 Å². The molecule has 1 aromatic carbocycles. The third kappa shape index (κ3) is 5.22. The highest BCUT2D eigenvalue weighted by Crippen LogP contribution is 2.24. The van der Waals surface area contributed by atoms with Crippen molar-refractivity contribution in [2.45, 2.75) is 13.3 Å². The van der Waals surface area contributed by atoms with Crippen LogP contribution in [0, 0.1) is 0 Å². The second kappa shape index (κ2) is 8.63. The van der Waals surface area contributed by atoms with Crippen LogP contribution in [0.3, 0.4) is 0 Å². The van der Waals surface area contributed by atoms with Gasteiger partial charge >= 0.3 is 0 Å². The van der Waals surface area contributed by atoms with Crippen molar-refractivity contribution < 1.29 is 9.53 Å². The molecular weight excluding hydrogens is 298 g/mol. The smallest absolute Gasteiger partial charge is 0.221 e. The van der Waals surface area contributed by atoms with Crippen molar-refractivity contribution in [3.05, 3.63) is 34.7 Å². The monoisotopic (exact) mass is 319 g/mol. The lowest BCUT2D eigenvalue weighted by molar-refractivity contribution is -0.114. The molecule has 0 aliphatic heterocycles. The summed E-state index contributed by atoms with van der Waals surface area (Å²) in [6.07, 6.45) is 0.903. The van der Waals surface area contributed by atoms with Crippen LogP contribution in [0.5, 0.6) is 0 Å². The Morgan fingerprint density at radius 3 is 3.00 bits per heavy atom. The van der Waals surface area contributed by atoms with Gasteiger partial charge in [-0.25, -0.2) is 4.98 Å². The summed E-state index contributed by atoms with van der Waals surface area (Å²) >= 11 is 1.66. The zero-order valence-corrected chi connectivity index (χ0v) is 13.7. The summed E-state index contributed by atoms with van der Waals surface area (Å²) in [5, 5.41) is 9.25. The molecule has 0 radical (unpaired) electrons. The number of amides is 1. The van der Waals surface area contributed by atoms with E-state index in [9.17, 15) is 4.79 Å². The van der Waals surface area contributed by atoms with E-state index in [0.29, 0.717) is 0 Å². The third-order valence-electron chi connectivity index (χ3n) is 3.03. The van der Waals surface area contributed by atoms with Gasteiger partial charge in [-0.2, -0.15) is 0 Å². The minimum absolute atomic E-state index is 0.0711. The summed E-state index contributed by atoms with van der Waals surface area (Å²) in [4.78, 5) is 15.8. The fourth-order valence-electron chi connectivity index (χ4n) is 2.01. The maximum absolute atomic E-state index is 11.1. The van der Waals surface area contributed by atoms with Gasteiger partial charge in [-0.05, 0) is 12.1 Å². The van der Waals surface area contributed by atoms with E-state index < -0.39 is 0 Å². The number of carbonyl (C=O) groups is 1. The number of carbonyl (C=O) groups excluding carboxylic acids is 1. The molecule has 1 amide bonds. The van der Waals surface area contributed by atoms with Crippen molar-refractivity contribution in [3.63, 3.8) is 0 Å². The number of hydrogen-bond acceptors (Lipinski definition) is 5. The Morgan fingerprint density at radius 1 is 1.36 bits per heavy atom. The molecule has 2 N–H and O–H groups in total. The Kier molecular flexibility index (Phi) is 6.51. The number of hydrogen-bond donors (Lipinski definition) is 2. The number of aromatic nitrogens is 1. The van der Waals surface area contributed by atoms with E-state index in [2.05, 4.69) is 21.0 Å². The molecular formula is C16H21N3O2S. The van der Waals surface area contributed by atoms with E-state index in [1.165, 1.54) is 6.92 Å². The van der Waals surface area contributed by atoms with E-state index in [-0.39, 0.29) is 5.91 Å². The van der Waals surface area contributed by atoms with Crippen molar-refractivity contribution >= 4 is 22.9 Å². The fourth-order valence-corrected chi connectivity index (χ4v) is 2.82. The van der Waals surface area contributed by atoms with Gasteiger partial charge in [0.1, 0.15) is 0 Å². The average molecular weight is 319 g/mol. The largest absolute Gasteiger partial charge is 0.383 e. The number of methoxy groups -OCH3 is 1. The summed E-state index contributed by atoms with van der Waals surface area (Å²) in [5.74, 6) is -0.0711. The highest BCUT2D eigenvalue weighted by Gasteiger charge is 2.06. The Labute approximate surface area is 134 Å². The van der Waals surface area contributed by atoms with Gasteiger partial charge in [0.05, 0.1) is 17.3 Å². The quantitative estimate of drug-likeness (QED) is 0.734. The van der Waals surface area contributed by atoms with Crippen LogP contribution in [-0.4, -0.2) is 37.7 Å². The number of nitrogens with zero attached hydrogens (tertiary/aromatic N) is 1. The predicted octanol–water partition coefficient (Wildman–Crippen LogP) is 2.55. The minimum atomic E-state index is -0.0711. The number of rotatable bonds is 8. The first-order valence-electron chi connectivity index (χ1n) is 7.21. The predicted molar refractivity (Wildman–Crippen MR) is 90.3 cm³/mol. The molecule has 2 aromatic rings. The molecule has 1 heterocycles. The number of thiazole rings is 1. The first-order valence-corrected chi connectivity index (χ1v) is 8.09. The van der Waals surface area contributed by atoms with Crippen molar-refractivity contribution in [2.75, 3.05) is 32.1 Å². The summed E-state index contributed by atoms with van der Waals surface area (Å²) in [6, 6.07) is 7.74. The van der Waals surface area contributed by atoms with Crippen LogP contribution in [0.15, 0.2) is 29.6 Å². The molecule has 6 heteroatoms. The molecule has 5 nitrogen and oxygen atoms in total. The Morgan fingerprint density at radius 2 is 2.23 bits per heavy atom. The van der Waals surface area contributed by atoms with Crippen molar-refractivity contribution in [1.29, 1.82) is 0 Å². The molecule has 0 bridgehead atoms. The van der Waals surface area contributed by atoms with Gasteiger partial charge in [-0.1, -0.05) is 12.1 Å². The highest BCUT2D eigenvalue weighted by molar-refractivity contribution is 7.09. The Balaban J connectivity index is 1.94. The molecule has 2 rings (SSSR count). The van der Waals surface area contributed by atoms with Crippen LogP contribution in [0.2, 0.25) is 0 Å². The number of benzene rings is 1. The first-order chi connectivity index (χ1) is 10.7. The van der Waals surface area contributed by atoms with Crippen molar-refractivity contribution in [3.8, 4) is 11.3 Å². The summed E-state index contributed by atoms with van der Waals surface area (Å²) in [7, 11) is 1.70. The molecule has 22 heavy (non-hydrogen) atoms. The van der Waals surface area contributed by atoms with Gasteiger partial charge in [-0.15, -0.1) is 11.3 Å². The summed E-state index contributed by atoms with van der Waals surface area (Å²) in [6.45, 7) is 3.97. The highest BCUT2D eigenvalue weighted by atomic mass is 32.1. The maximum atomic E-state index is 11.1. The molecule has 0 aliphatic rings. The average Bonchev–Trinajstić information content (AvgIpc) is 2.95. The molecule has 0 saturated heterocycles. The number of nitrogens with one attached hydrogen (secondary N) is 2. The lowest BCUT2D eigenvalue weighted by Crippen LogP contribution is -2.21. The van der Waals surface area contributed by atoms with Crippen LogP contribution in [0.1, 0.15) is 11.9 Å². The summed E-state index contributed by atoms with van der Waals surface area (Å²) in [5.41, 5.74) is 2.76. The molecule has 0 aliphatic carbocycles. The second-order valence-corrected chi connectivity index (χ2v) is 5.82. The molecule has 0 spiro atoms. The molecule has 0 unspecified atom stereocenters. The fraction of sp³-hybridized carbons (Fsp3) is 0.375. The van der Waals surface area contributed by atoms with Gasteiger partial charge in [0.2, 0.25) is 5.91 Å². The van der Waals surface area contributed by atoms with Gasteiger partial charge in [-0.3, -0.25) is 4.79 Å². The van der Waals surface area contributed by atoms with Crippen LogP contribution < -0.4 is 10.6 Å². The number of ether oxygens (including phenoxy) is 1. The van der Waals surface area contributed by atoms with E-state index >= 15 is 0 Å². The zero-order chi connectivity index (χ0) is 15.8. The lowest BCUT2D eigenvalue weighted by Gasteiger charge is -2.04. The van der Waals surface area contributed by atoms with E-state index in [1.54, 1.807) is 18.4 Å². The maximum Gasteiger partial charge on any atom is 0.221 e. The summed E-state index contributed by atoms with van der Waals surface area (Å²) < 4.78 is 4.99. The third-order valence-corrected chi connectivity index (χ3v) is 3.94. The Bertz CT molecular complexity index is 613. The zero-order valence-electron chi connectivity index (χ0n) is 12.9. The van der Waals surface area contributed by atoms with Crippen molar-refractivity contribution in [2.24, 2.45) is 0 Å². The van der Waals surface area contributed by atoms with Crippen LogP contribution in [-0.2, 0) is 16.0 Å². The lowest BCUT2D eigenvalue weighted by atomic mass is 10.1. The molecule has 118 valence electrons. The van der Waals surface area contributed by atoms with E-state index in [0.717, 1.165) is 48.1 Å². The molecule has 1 aromatic heterocycles. The van der Waals surface area contributed by atoms with E-state index in [4.69, 9.17) is 4.74 Å². The van der Waals surface area contributed by atoms with Gasteiger partial charge in [0.25, 0.3) is 0 Å². The normalized spacial score (nSPS) is 10.6.